The normalized spacial score (nSPS) is 12.5. The first-order valence-electron chi connectivity index (χ1n) is 8.98. The highest BCUT2D eigenvalue weighted by Gasteiger charge is 2.32. The lowest BCUT2D eigenvalue weighted by Crippen LogP contribution is -2.48. The van der Waals surface area contributed by atoms with Gasteiger partial charge in [-0.05, 0) is 36.8 Å². The van der Waals surface area contributed by atoms with Crippen molar-refractivity contribution in [1.82, 2.24) is 5.32 Å². The molecule has 2 aromatic carbocycles. The molecule has 30 heavy (non-hydrogen) atoms. The molecule has 2 amide bonds. The number of esters is 1. The van der Waals surface area contributed by atoms with E-state index in [0.29, 0.717) is 10.6 Å². The molecule has 2 aromatic rings. The van der Waals surface area contributed by atoms with Crippen molar-refractivity contribution < 1.29 is 24.0 Å². The molecule has 10 heteroatoms. The second-order valence-electron chi connectivity index (χ2n) is 6.32. The predicted molar refractivity (Wildman–Crippen MR) is 109 cm³/mol. The fourth-order valence-electron chi connectivity index (χ4n) is 2.87. The summed E-state index contributed by atoms with van der Waals surface area (Å²) in [4.78, 5) is 47.2. The lowest BCUT2D eigenvalue weighted by molar-refractivity contribution is -0.384. The molecule has 158 valence electrons. The summed E-state index contributed by atoms with van der Waals surface area (Å²) in [5.41, 5.74) is 6.01. The molecule has 0 aliphatic rings. The zero-order valence-electron chi connectivity index (χ0n) is 16.0. The third-order valence-electron chi connectivity index (χ3n) is 4.33. The molecule has 0 aliphatic heterocycles. The SMILES string of the molecule is CCOC(=O)C[C@H](c1ccc([N+](=O)[O-])cc1)[C@H](NC(=O)c1ccc(Cl)cc1)C(N)=O. The Morgan fingerprint density at radius 3 is 2.23 bits per heavy atom. The number of benzene rings is 2. The molecular formula is C20H20ClN3O6. The number of nitrogens with one attached hydrogen (secondary N) is 1. The van der Waals surface area contributed by atoms with Crippen molar-refractivity contribution in [2.75, 3.05) is 6.61 Å². The fourth-order valence-corrected chi connectivity index (χ4v) is 2.99. The summed E-state index contributed by atoms with van der Waals surface area (Å²) < 4.78 is 4.96. The lowest BCUT2D eigenvalue weighted by Gasteiger charge is -2.25. The van der Waals surface area contributed by atoms with E-state index in [9.17, 15) is 24.5 Å². The van der Waals surface area contributed by atoms with Crippen LogP contribution in [0.3, 0.4) is 0 Å². The van der Waals surface area contributed by atoms with E-state index in [1.54, 1.807) is 6.92 Å². The monoisotopic (exact) mass is 433 g/mol. The van der Waals surface area contributed by atoms with Gasteiger partial charge in [0.15, 0.2) is 0 Å². The number of non-ortho nitro benzene ring substituents is 1. The highest BCUT2D eigenvalue weighted by molar-refractivity contribution is 6.30. The molecule has 0 heterocycles. The molecule has 0 fully saturated rings. The molecule has 9 nitrogen and oxygen atoms in total. The third kappa shape index (κ3) is 6.02. The summed E-state index contributed by atoms with van der Waals surface area (Å²) in [5.74, 6) is -2.96. The largest absolute Gasteiger partial charge is 0.466 e. The fraction of sp³-hybridized carbons (Fsp3) is 0.250. The molecule has 2 rings (SSSR count). The molecule has 0 bridgehead atoms. The van der Waals surface area contributed by atoms with Crippen LogP contribution < -0.4 is 11.1 Å². The van der Waals surface area contributed by atoms with Crippen molar-refractivity contribution >= 4 is 35.1 Å². The third-order valence-corrected chi connectivity index (χ3v) is 4.58. The highest BCUT2D eigenvalue weighted by atomic mass is 35.5. The van der Waals surface area contributed by atoms with Gasteiger partial charge in [-0.1, -0.05) is 23.7 Å². The molecule has 0 saturated carbocycles. The van der Waals surface area contributed by atoms with Crippen LogP contribution in [0.5, 0.6) is 0 Å². The van der Waals surface area contributed by atoms with Gasteiger partial charge in [-0.25, -0.2) is 0 Å². The molecule has 2 atom stereocenters. The maximum Gasteiger partial charge on any atom is 0.306 e. The molecule has 0 aromatic heterocycles. The Hall–Kier alpha value is -3.46. The predicted octanol–water partition coefficient (Wildman–Crippen LogP) is 2.57. The summed E-state index contributed by atoms with van der Waals surface area (Å²) in [6, 6.07) is 10.0. The standard InChI is InChI=1S/C20H20ClN3O6/c1-2-30-17(25)11-16(12-5-9-15(10-6-12)24(28)29)18(19(22)26)23-20(27)13-3-7-14(21)8-4-13/h3-10,16,18H,2,11H2,1H3,(H2,22,26)(H,23,27)/t16-,18+/m1/s1. The van der Waals surface area contributed by atoms with Gasteiger partial charge in [0.2, 0.25) is 5.91 Å². The molecule has 0 saturated heterocycles. The number of nitro groups is 1. The number of nitro benzene ring substituents is 1. The summed E-state index contributed by atoms with van der Waals surface area (Å²) in [6.07, 6.45) is -0.264. The van der Waals surface area contributed by atoms with Crippen LogP contribution in [0.4, 0.5) is 5.69 Å². The number of hydrogen-bond donors (Lipinski definition) is 2. The summed E-state index contributed by atoms with van der Waals surface area (Å²) in [5, 5.41) is 13.9. The summed E-state index contributed by atoms with van der Waals surface area (Å²) in [6.45, 7) is 1.76. The van der Waals surface area contributed by atoms with Crippen LogP contribution in [0.2, 0.25) is 5.02 Å². The first kappa shape index (κ1) is 22.8. The van der Waals surface area contributed by atoms with Crippen molar-refractivity contribution in [2.45, 2.75) is 25.3 Å². The molecule has 3 N–H and O–H groups in total. The number of carbonyl (C=O) groups excluding carboxylic acids is 3. The number of rotatable bonds is 9. The summed E-state index contributed by atoms with van der Waals surface area (Å²) in [7, 11) is 0. The average molecular weight is 434 g/mol. The second-order valence-corrected chi connectivity index (χ2v) is 6.76. The van der Waals surface area contributed by atoms with Crippen LogP contribution in [0.25, 0.3) is 0 Å². The van der Waals surface area contributed by atoms with Gasteiger partial charge in [0, 0.05) is 28.6 Å². The van der Waals surface area contributed by atoms with E-state index < -0.39 is 34.7 Å². The Morgan fingerprint density at radius 2 is 1.73 bits per heavy atom. The van der Waals surface area contributed by atoms with Crippen molar-refractivity contribution in [2.24, 2.45) is 5.73 Å². The average Bonchev–Trinajstić information content (AvgIpc) is 2.71. The number of carbonyl (C=O) groups is 3. The number of nitrogens with zero attached hydrogens (tertiary/aromatic N) is 1. The van der Waals surface area contributed by atoms with Gasteiger partial charge >= 0.3 is 5.97 Å². The molecule has 0 spiro atoms. The van der Waals surface area contributed by atoms with Gasteiger partial charge in [-0.15, -0.1) is 0 Å². The Balaban J connectivity index is 2.36. The van der Waals surface area contributed by atoms with Crippen LogP contribution in [0.1, 0.15) is 35.2 Å². The van der Waals surface area contributed by atoms with Crippen LogP contribution in [0.15, 0.2) is 48.5 Å². The molecule has 0 radical (unpaired) electrons. The minimum atomic E-state index is -1.26. The Labute approximate surface area is 177 Å². The molecule has 0 unspecified atom stereocenters. The van der Waals surface area contributed by atoms with Crippen molar-refractivity contribution in [3.05, 3.63) is 74.8 Å². The van der Waals surface area contributed by atoms with Crippen LogP contribution in [-0.4, -0.2) is 35.4 Å². The zero-order valence-corrected chi connectivity index (χ0v) is 16.8. The smallest absolute Gasteiger partial charge is 0.306 e. The number of amides is 2. The van der Waals surface area contributed by atoms with Gasteiger partial charge < -0.3 is 15.8 Å². The van der Waals surface area contributed by atoms with E-state index in [1.807, 2.05) is 0 Å². The Morgan fingerprint density at radius 1 is 1.13 bits per heavy atom. The molecular weight excluding hydrogens is 414 g/mol. The number of primary amides is 1. The van der Waals surface area contributed by atoms with Crippen molar-refractivity contribution in [1.29, 1.82) is 0 Å². The topological polar surface area (TPSA) is 142 Å². The minimum absolute atomic E-state index is 0.129. The van der Waals surface area contributed by atoms with Gasteiger partial charge in [0.1, 0.15) is 6.04 Å². The Bertz CT molecular complexity index is 931. The van der Waals surface area contributed by atoms with E-state index in [0.717, 1.165) is 0 Å². The quantitative estimate of drug-likeness (QED) is 0.353. The number of halogens is 1. The first-order chi connectivity index (χ1) is 14.2. The maximum atomic E-state index is 12.6. The maximum absolute atomic E-state index is 12.6. The van der Waals surface area contributed by atoms with Gasteiger partial charge in [-0.2, -0.15) is 0 Å². The van der Waals surface area contributed by atoms with Gasteiger partial charge in [0.05, 0.1) is 18.0 Å². The van der Waals surface area contributed by atoms with E-state index in [-0.39, 0.29) is 24.3 Å². The summed E-state index contributed by atoms with van der Waals surface area (Å²) >= 11 is 5.82. The van der Waals surface area contributed by atoms with Crippen LogP contribution in [-0.2, 0) is 14.3 Å². The van der Waals surface area contributed by atoms with Gasteiger partial charge in [0.25, 0.3) is 11.6 Å². The van der Waals surface area contributed by atoms with E-state index in [1.165, 1.54) is 48.5 Å². The van der Waals surface area contributed by atoms with Crippen molar-refractivity contribution in [3.63, 3.8) is 0 Å². The molecule has 0 aliphatic carbocycles. The number of hydrogen-bond acceptors (Lipinski definition) is 6. The van der Waals surface area contributed by atoms with E-state index >= 15 is 0 Å². The lowest BCUT2D eigenvalue weighted by atomic mass is 9.87. The Kier molecular flexibility index (Phi) is 7.88. The van der Waals surface area contributed by atoms with E-state index in [4.69, 9.17) is 22.1 Å². The van der Waals surface area contributed by atoms with Crippen LogP contribution in [0, 0.1) is 10.1 Å². The van der Waals surface area contributed by atoms with Gasteiger partial charge in [-0.3, -0.25) is 24.5 Å². The van der Waals surface area contributed by atoms with E-state index in [2.05, 4.69) is 5.32 Å². The van der Waals surface area contributed by atoms with Crippen molar-refractivity contribution in [3.8, 4) is 0 Å². The minimum Gasteiger partial charge on any atom is -0.466 e. The number of ether oxygens (including phenoxy) is 1. The highest BCUT2D eigenvalue weighted by Crippen LogP contribution is 2.27. The van der Waals surface area contributed by atoms with Crippen LogP contribution >= 0.6 is 11.6 Å². The zero-order chi connectivity index (χ0) is 22.3. The second kappa shape index (κ2) is 10.4. The number of nitrogens with two attached hydrogens (primary N) is 1. The first-order valence-corrected chi connectivity index (χ1v) is 9.36.